The molecule has 0 bridgehead atoms. The van der Waals surface area contributed by atoms with E-state index in [1.807, 2.05) is 0 Å². The molecule has 0 saturated heterocycles. The van der Waals surface area contributed by atoms with Crippen molar-refractivity contribution < 1.29 is 38.5 Å². The molecule has 0 radical (unpaired) electrons. The Bertz CT molecular complexity index is 592. The summed E-state index contributed by atoms with van der Waals surface area (Å²) in [6, 6.07) is 0. The lowest BCUT2D eigenvalue weighted by molar-refractivity contribution is -0.155. The van der Waals surface area contributed by atoms with Gasteiger partial charge in [0.25, 0.3) is 0 Å². The van der Waals surface area contributed by atoms with Crippen molar-refractivity contribution in [2.45, 2.75) is 64.4 Å². The van der Waals surface area contributed by atoms with Crippen LogP contribution in [0.3, 0.4) is 0 Å². The molecule has 1 heterocycles. The van der Waals surface area contributed by atoms with Crippen LogP contribution < -0.4 is 0 Å². The molecule has 0 aromatic carbocycles. The molecule has 26 heavy (non-hydrogen) atoms. The Morgan fingerprint density at radius 1 is 1.12 bits per heavy atom. The summed E-state index contributed by atoms with van der Waals surface area (Å²) in [5.41, 5.74) is 0. The predicted octanol–water partition coefficient (Wildman–Crippen LogP) is 1.01. The zero-order valence-electron chi connectivity index (χ0n) is 15.0. The fraction of sp³-hybridized carbons (Fsp3) is 0.556. The number of hydrogen-bond donors (Lipinski definition) is 1. The topological polar surface area (TPSA) is 116 Å². The molecule has 0 amide bonds. The first-order chi connectivity index (χ1) is 12.2. The second-order valence-corrected chi connectivity index (χ2v) is 6.10. The normalized spacial score (nSPS) is 31.3. The number of carbonyl (C=O) groups excluding carboxylic acids is 4. The molecule has 0 spiro atoms. The number of aliphatic hydroxyl groups excluding tert-OH is 1. The average Bonchev–Trinajstić information content (AvgIpc) is 2.50. The summed E-state index contributed by atoms with van der Waals surface area (Å²) < 4.78 is 15.3. The van der Waals surface area contributed by atoms with Crippen LogP contribution in [0.5, 0.6) is 0 Å². The number of cyclic esters (lactones) is 3. The van der Waals surface area contributed by atoms with Gasteiger partial charge in [-0.25, -0.2) is 9.59 Å². The number of ether oxygens (including phenoxy) is 3. The van der Waals surface area contributed by atoms with E-state index in [-0.39, 0.29) is 25.0 Å². The molecule has 1 rings (SSSR count). The van der Waals surface area contributed by atoms with Crippen molar-refractivity contribution in [3.05, 3.63) is 24.3 Å². The largest absolute Gasteiger partial charge is 0.462 e. The monoisotopic (exact) mass is 368 g/mol. The summed E-state index contributed by atoms with van der Waals surface area (Å²) in [5.74, 6) is -2.37. The molecule has 1 N–H and O–H groups in total. The molecule has 0 saturated carbocycles. The quantitative estimate of drug-likeness (QED) is 0.567. The standard InChI is InChI=1S/C18H24O8/c1-11(19)9-14-10-18(23)24-12(2)5-4-6-16(21)25-13(3)15(20)7-8-17(22)26-14/h4,6-8,12-15,20H,5,9-10H2,1-3H3/b6-4+,8-7+/t12-,13+,14+,15-/m0/s1. The molecule has 1 aliphatic heterocycles. The van der Waals surface area contributed by atoms with Gasteiger partial charge in [0.1, 0.15) is 30.2 Å². The van der Waals surface area contributed by atoms with E-state index < -0.39 is 42.3 Å². The van der Waals surface area contributed by atoms with E-state index in [2.05, 4.69) is 0 Å². The Kier molecular flexibility index (Phi) is 8.71. The summed E-state index contributed by atoms with van der Waals surface area (Å²) >= 11 is 0. The fourth-order valence-corrected chi connectivity index (χ4v) is 2.17. The Hall–Kier alpha value is -2.48. The van der Waals surface area contributed by atoms with Crippen molar-refractivity contribution in [3.8, 4) is 0 Å². The zero-order valence-corrected chi connectivity index (χ0v) is 15.0. The molecule has 0 fully saturated rings. The van der Waals surface area contributed by atoms with Crippen molar-refractivity contribution in [1.82, 2.24) is 0 Å². The highest BCUT2D eigenvalue weighted by Gasteiger charge is 2.22. The molecular formula is C18H24O8. The van der Waals surface area contributed by atoms with Crippen LogP contribution in [0.25, 0.3) is 0 Å². The number of hydrogen-bond acceptors (Lipinski definition) is 8. The van der Waals surface area contributed by atoms with Gasteiger partial charge in [-0.1, -0.05) is 6.08 Å². The van der Waals surface area contributed by atoms with Crippen molar-refractivity contribution in [2.24, 2.45) is 0 Å². The summed E-state index contributed by atoms with van der Waals surface area (Å²) in [6.45, 7) is 4.43. The molecule has 1 aliphatic rings. The molecule has 0 unspecified atom stereocenters. The van der Waals surface area contributed by atoms with Crippen molar-refractivity contribution in [2.75, 3.05) is 0 Å². The van der Waals surface area contributed by atoms with Crippen LogP contribution in [0.2, 0.25) is 0 Å². The minimum atomic E-state index is -1.22. The summed E-state index contributed by atoms with van der Waals surface area (Å²) in [4.78, 5) is 46.8. The van der Waals surface area contributed by atoms with Crippen molar-refractivity contribution >= 4 is 23.7 Å². The summed E-state index contributed by atoms with van der Waals surface area (Å²) in [6.07, 6.45) is 1.04. The van der Waals surface area contributed by atoms with Crippen molar-refractivity contribution in [1.29, 1.82) is 0 Å². The van der Waals surface area contributed by atoms with Gasteiger partial charge in [0.2, 0.25) is 0 Å². The Labute approximate surface area is 151 Å². The first-order valence-electron chi connectivity index (χ1n) is 8.30. The molecule has 0 aliphatic carbocycles. The van der Waals surface area contributed by atoms with E-state index in [4.69, 9.17) is 14.2 Å². The lowest BCUT2D eigenvalue weighted by Gasteiger charge is -2.18. The second-order valence-electron chi connectivity index (χ2n) is 6.10. The first kappa shape index (κ1) is 21.6. The van der Waals surface area contributed by atoms with Crippen LogP contribution >= 0.6 is 0 Å². The van der Waals surface area contributed by atoms with E-state index in [0.29, 0.717) is 0 Å². The lowest BCUT2D eigenvalue weighted by atomic mass is 10.1. The van der Waals surface area contributed by atoms with E-state index in [9.17, 15) is 24.3 Å². The Balaban J connectivity index is 2.94. The number of aliphatic hydroxyl groups is 1. The minimum absolute atomic E-state index is 0.125. The number of esters is 3. The van der Waals surface area contributed by atoms with Gasteiger partial charge in [0, 0.05) is 25.0 Å². The maximum Gasteiger partial charge on any atom is 0.330 e. The van der Waals surface area contributed by atoms with E-state index in [1.165, 1.54) is 26.0 Å². The maximum absolute atomic E-state index is 11.9. The van der Waals surface area contributed by atoms with Gasteiger partial charge < -0.3 is 19.3 Å². The second kappa shape index (κ2) is 10.5. The van der Waals surface area contributed by atoms with Gasteiger partial charge in [0.05, 0.1) is 6.42 Å². The Morgan fingerprint density at radius 3 is 2.42 bits per heavy atom. The number of Topliss-reactive ketones (excluding diaryl/α,β-unsaturated/α-hetero) is 1. The number of ketones is 1. The SMILES string of the molecule is CC(=O)C[C@@H]1CC(=O)O[C@@H](C)C/C=C/C(=O)O[C@H](C)[C@@H](O)/C=C/C(=O)O1. The fourth-order valence-electron chi connectivity index (χ4n) is 2.17. The highest BCUT2D eigenvalue weighted by Crippen LogP contribution is 2.11. The van der Waals surface area contributed by atoms with Gasteiger partial charge >= 0.3 is 17.9 Å². The van der Waals surface area contributed by atoms with Gasteiger partial charge in [0.15, 0.2) is 0 Å². The van der Waals surface area contributed by atoms with Crippen LogP contribution in [-0.2, 0) is 33.4 Å². The van der Waals surface area contributed by atoms with E-state index >= 15 is 0 Å². The highest BCUT2D eigenvalue weighted by atomic mass is 16.6. The third-order valence-electron chi connectivity index (χ3n) is 3.46. The van der Waals surface area contributed by atoms with Gasteiger partial charge in [-0.15, -0.1) is 0 Å². The molecule has 0 aromatic heterocycles. The molecule has 4 atom stereocenters. The molecule has 8 nitrogen and oxygen atoms in total. The maximum atomic E-state index is 11.9. The minimum Gasteiger partial charge on any atom is -0.462 e. The van der Waals surface area contributed by atoms with E-state index in [1.54, 1.807) is 6.92 Å². The molecule has 0 aromatic rings. The summed E-state index contributed by atoms with van der Waals surface area (Å²) in [7, 11) is 0. The van der Waals surface area contributed by atoms with Crippen LogP contribution in [-0.4, -0.2) is 53.2 Å². The molecule has 144 valence electrons. The van der Waals surface area contributed by atoms with Crippen molar-refractivity contribution in [3.63, 3.8) is 0 Å². The Morgan fingerprint density at radius 2 is 1.77 bits per heavy atom. The van der Waals surface area contributed by atoms with Crippen LogP contribution in [0.1, 0.15) is 40.0 Å². The predicted molar refractivity (Wildman–Crippen MR) is 89.8 cm³/mol. The smallest absolute Gasteiger partial charge is 0.330 e. The highest BCUT2D eigenvalue weighted by molar-refractivity contribution is 5.84. The molecule has 8 heteroatoms. The van der Waals surface area contributed by atoms with Crippen LogP contribution in [0, 0.1) is 0 Å². The zero-order chi connectivity index (χ0) is 19.7. The average molecular weight is 368 g/mol. The van der Waals surface area contributed by atoms with Crippen LogP contribution in [0.4, 0.5) is 0 Å². The number of rotatable bonds is 2. The molecular weight excluding hydrogens is 344 g/mol. The lowest BCUT2D eigenvalue weighted by Crippen LogP contribution is -2.28. The third kappa shape index (κ3) is 8.57. The van der Waals surface area contributed by atoms with Gasteiger partial charge in [-0.05, 0) is 26.8 Å². The summed E-state index contributed by atoms with van der Waals surface area (Å²) in [5, 5.41) is 9.89. The van der Waals surface area contributed by atoms with Gasteiger partial charge in [-0.3, -0.25) is 9.59 Å². The third-order valence-corrected chi connectivity index (χ3v) is 3.46. The van der Waals surface area contributed by atoms with Gasteiger partial charge in [-0.2, -0.15) is 0 Å². The van der Waals surface area contributed by atoms with Crippen LogP contribution in [0.15, 0.2) is 24.3 Å². The van der Waals surface area contributed by atoms with E-state index in [0.717, 1.165) is 12.2 Å². The first-order valence-corrected chi connectivity index (χ1v) is 8.30. The number of carbonyl (C=O) groups is 4.